The number of aromatic hydroxyl groups is 1. The molecule has 1 unspecified atom stereocenters. The van der Waals surface area contributed by atoms with Crippen molar-refractivity contribution in [2.75, 3.05) is 6.61 Å². The molecular formula is C25H32N2O4S. The van der Waals surface area contributed by atoms with Crippen LogP contribution in [0, 0.1) is 18.3 Å². The second-order valence-corrected chi connectivity index (χ2v) is 10.9. The van der Waals surface area contributed by atoms with Crippen LogP contribution in [0.3, 0.4) is 0 Å². The van der Waals surface area contributed by atoms with E-state index in [4.69, 9.17) is 4.74 Å². The zero-order valence-corrected chi connectivity index (χ0v) is 20.7. The molecule has 2 rings (SSSR count). The molecule has 172 valence electrons. The van der Waals surface area contributed by atoms with E-state index in [1.807, 2.05) is 59.7 Å². The fraction of sp³-hybridized carbons (Fsp3) is 0.520. The highest BCUT2D eigenvalue weighted by Gasteiger charge is 2.27. The molecular weight excluding hydrogens is 424 g/mol. The Morgan fingerprint density at radius 1 is 1.16 bits per heavy atom. The summed E-state index contributed by atoms with van der Waals surface area (Å²) in [6, 6.07) is 5.80. The molecule has 2 aromatic rings. The molecule has 32 heavy (non-hydrogen) atoms. The van der Waals surface area contributed by atoms with Crippen LogP contribution in [-0.4, -0.2) is 28.4 Å². The van der Waals surface area contributed by atoms with Crippen LogP contribution >= 0.6 is 11.3 Å². The maximum atomic E-state index is 12.3. The first-order valence-corrected chi connectivity index (χ1v) is 11.5. The van der Waals surface area contributed by atoms with Crippen LogP contribution in [-0.2, 0) is 31.6 Å². The van der Waals surface area contributed by atoms with Crippen molar-refractivity contribution in [3.05, 3.63) is 44.9 Å². The summed E-state index contributed by atoms with van der Waals surface area (Å²) in [6.07, 6.45) is 0.519. The van der Waals surface area contributed by atoms with E-state index in [1.165, 1.54) is 11.3 Å². The van der Waals surface area contributed by atoms with E-state index in [1.54, 1.807) is 12.3 Å². The zero-order chi connectivity index (χ0) is 24.3. The van der Waals surface area contributed by atoms with Crippen LogP contribution < -0.4 is 0 Å². The van der Waals surface area contributed by atoms with Crippen molar-refractivity contribution in [3.8, 4) is 11.8 Å². The van der Waals surface area contributed by atoms with Crippen LogP contribution in [0.15, 0.2) is 17.5 Å². The van der Waals surface area contributed by atoms with Gasteiger partial charge in [0.1, 0.15) is 10.8 Å². The Kier molecular flexibility index (Phi) is 7.84. The molecule has 0 saturated heterocycles. The van der Waals surface area contributed by atoms with Crippen molar-refractivity contribution < 1.29 is 19.4 Å². The van der Waals surface area contributed by atoms with Crippen molar-refractivity contribution in [1.82, 2.24) is 4.98 Å². The molecule has 7 heteroatoms. The minimum atomic E-state index is -1.03. The summed E-state index contributed by atoms with van der Waals surface area (Å²) in [7, 11) is 0. The summed E-state index contributed by atoms with van der Waals surface area (Å²) in [6.45, 7) is 13.5. The Hall–Kier alpha value is -2.72. The number of hydrogen-bond donors (Lipinski definition) is 1. The Morgan fingerprint density at radius 2 is 1.72 bits per heavy atom. The molecule has 0 aliphatic rings. The molecule has 1 aromatic heterocycles. The smallest absolute Gasteiger partial charge is 0.306 e. The van der Waals surface area contributed by atoms with Crippen LogP contribution in [0.1, 0.15) is 81.3 Å². The van der Waals surface area contributed by atoms with Gasteiger partial charge in [-0.05, 0) is 40.9 Å². The fourth-order valence-electron chi connectivity index (χ4n) is 3.31. The number of hydrogen-bond acceptors (Lipinski definition) is 7. The number of Topliss-reactive ketones (excluding diaryl/α,β-unsaturated/α-hetero) is 1. The number of esters is 1. The molecule has 0 saturated carbocycles. The second-order valence-electron chi connectivity index (χ2n) is 10.1. The van der Waals surface area contributed by atoms with Crippen molar-refractivity contribution in [3.63, 3.8) is 0 Å². The van der Waals surface area contributed by atoms with Crippen LogP contribution in [0.5, 0.6) is 5.75 Å². The number of nitriles is 1. The third-order valence-corrected chi connectivity index (χ3v) is 6.14. The van der Waals surface area contributed by atoms with E-state index in [2.05, 4.69) is 4.98 Å². The van der Waals surface area contributed by atoms with Gasteiger partial charge in [0.25, 0.3) is 0 Å². The lowest BCUT2D eigenvalue weighted by atomic mass is 9.78. The first kappa shape index (κ1) is 25.5. The van der Waals surface area contributed by atoms with Gasteiger partial charge in [0.15, 0.2) is 18.3 Å². The Labute approximate surface area is 194 Å². The van der Waals surface area contributed by atoms with Gasteiger partial charge in [0.2, 0.25) is 0 Å². The third-order valence-electron chi connectivity index (χ3n) is 5.11. The predicted molar refractivity (Wildman–Crippen MR) is 125 cm³/mol. The minimum Gasteiger partial charge on any atom is -0.507 e. The summed E-state index contributed by atoms with van der Waals surface area (Å²) in [5.74, 6) is -1.72. The second kappa shape index (κ2) is 9.83. The molecule has 0 aliphatic carbocycles. The number of benzene rings is 1. The van der Waals surface area contributed by atoms with Crippen LogP contribution in [0.2, 0.25) is 0 Å². The lowest BCUT2D eigenvalue weighted by Crippen LogP contribution is -2.20. The van der Waals surface area contributed by atoms with Gasteiger partial charge >= 0.3 is 5.97 Å². The largest absolute Gasteiger partial charge is 0.507 e. The standard InChI is InChI=1S/C25H32N2O4S/c1-15-14-32-23(27-15)17(12-26)20(28)13-31-21(29)9-8-16-10-18(24(2,3)4)22(30)19(11-16)25(5,6)7/h10-11,14,17,30H,8-9,13H2,1-7H3. The highest BCUT2D eigenvalue weighted by molar-refractivity contribution is 7.09. The van der Waals surface area contributed by atoms with Crippen molar-refractivity contribution in [2.45, 2.75) is 78.1 Å². The van der Waals surface area contributed by atoms with E-state index in [0.29, 0.717) is 17.2 Å². The van der Waals surface area contributed by atoms with Gasteiger partial charge < -0.3 is 9.84 Å². The number of phenols is 1. The summed E-state index contributed by atoms with van der Waals surface area (Å²) >= 11 is 1.24. The van der Waals surface area contributed by atoms with Gasteiger partial charge in [0, 0.05) is 17.5 Å². The number of nitrogens with zero attached hydrogens (tertiary/aromatic N) is 2. The van der Waals surface area contributed by atoms with E-state index in [9.17, 15) is 20.0 Å². The Bertz CT molecular complexity index is 1000. The lowest BCUT2D eigenvalue weighted by Gasteiger charge is -2.28. The number of phenolic OH excluding ortho intramolecular Hbond substituents is 1. The Balaban J connectivity index is 2.06. The molecule has 0 fully saturated rings. The summed E-state index contributed by atoms with van der Waals surface area (Å²) in [5.41, 5.74) is 2.82. The predicted octanol–water partition coefficient (Wildman–Crippen LogP) is 5.10. The number of thiazole rings is 1. The van der Waals surface area contributed by atoms with Gasteiger partial charge in [-0.2, -0.15) is 5.26 Å². The van der Waals surface area contributed by atoms with E-state index >= 15 is 0 Å². The lowest BCUT2D eigenvalue weighted by molar-refractivity contribution is -0.148. The summed E-state index contributed by atoms with van der Waals surface area (Å²) in [4.78, 5) is 28.8. The molecule has 1 atom stereocenters. The number of rotatable bonds is 7. The number of aryl methyl sites for hydroxylation is 2. The van der Waals surface area contributed by atoms with E-state index in [-0.39, 0.29) is 17.3 Å². The monoisotopic (exact) mass is 456 g/mol. The molecule has 0 aliphatic heterocycles. The first-order valence-electron chi connectivity index (χ1n) is 10.6. The molecule has 0 radical (unpaired) electrons. The summed E-state index contributed by atoms with van der Waals surface area (Å²) in [5, 5.41) is 22.3. The Morgan fingerprint density at radius 3 is 2.16 bits per heavy atom. The molecule has 0 bridgehead atoms. The van der Waals surface area contributed by atoms with Crippen molar-refractivity contribution >= 4 is 23.1 Å². The maximum Gasteiger partial charge on any atom is 0.306 e. The SMILES string of the molecule is Cc1csc(C(C#N)C(=O)COC(=O)CCc2cc(C(C)(C)C)c(O)c(C(C)(C)C)c2)n1. The minimum absolute atomic E-state index is 0.0960. The van der Waals surface area contributed by atoms with Gasteiger partial charge in [0.05, 0.1) is 6.07 Å². The quantitative estimate of drug-likeness (QED) is 0.582. The van der Waals surface area contributed by atoms with Gasteiger partial charge in [-0.25, -0.2) is 4.98 Å². The normalized spacial score (nSPS) is 12.8. The number of ketones is 1. The molecule has 1 aromatic carbocycles. The van der Waals surface area contributed by atoms with Crippen molar-refractivity contribution in [2.24, 2.45) is 0 Å². The van der Waals surface area contributed by atoms with E-state index in [0.717, 1.165) is 22.4 Å². The highest BCUT2D eigenvalue weighted by atomic mass is 32.1. The third kappa shape index (κ3) is 6.39. The van der Waals surface area contributed by atoms with Gasteiger partial charge in [-0.1, -0.05) is 53.7 Å². The molecule has 6 nitrogen and oxygen atoms in total. The molecule has 1 N–H and O–H groups in total. The van der Waals surface area contributed by atoms with Gasteiger partial charge in [-0.15, -0.1) is 11.3 Å². The molecule has 0 spiro atoms. The van der Waals surface area contributed by atoms with E-state index < -0.39 is 24.3 Å². The number of ether oxygens (including phenoxy) is 1. The number of aromatic nitrogens is 1. The topological polar surface area (TPSA) is 100 Å². The number of carbonyl (C=O) groups is 2. The highest BCUT2D eigenvalue weighted by Crippen LogP contribution is 2.40. The maximum absolute atomic E-state index is 12.3. The average Bonchev–Trinajstić information content (AvgIpc) is 3.10. The van der Waals surface area contributed by atoms with Crippen molar-refractivity contribution in [1.29, 1.82) is 5.26 Å². The molecule has 0 amide bonds. The summed E-state index contributed by atoms with van der Waals surface area (Å²) < 4.78 is 5.14. The van der Waals surface area contributed by atoms with Gasteiger partial charge in [-0.3, -0.25) is 9.59 Å². The van der Waals surface area contributed by atoms with Crippen LogP contribution in [0.4, 0.5) is 0 Å². The number of carbonyl (C=O) groups excluding carboxylic acids is 2. The van der Waals surface area contributed by atoms with Crippen LogP contribution in [0.25, 0.3) is 0 Å². The average molecular weight is 457 g/mol. The fourth-order valence-corrected chi connectivity index (χ4v) is 4.17. The molecule has 1 heterocycles. The zero-order valence-electron chi connectivity index (χ0n) is 19.9. The first-order chi connectivity index (χ1) is 14.7.